The maximum Gasteiger partial charge on any atom is 0.246 e. The maximum absolute atomic E-state index is 11.8. The van der Waals surface area contributed by atoms with E-state index < -0.39 is 0 Å². The van der Waals surface area contributed by atoms with Crippen LogP contribution in [0.5, 0.6) is 5.75 Å². The van der Waals surface area contributed by atoms with E-state index in [0.29, 0.717) is 12.4 Å². The van der Waals surface area contributed by atoms with Crippen molar-refractivity contribution < 1.29 is 13.9 Å². The van der Waals surface area contributed by atoms with Gasteiger partial charge in [0.25, 0.3) is 0 Å². The van der Waals surface area contributed by atoms with E-state index in [9.17, 15) is 4.79 Å². The summed E-state index contributed by atoms with van der Waals surface area (Å²) in [7, 11) is 1.76. The molecule has 1 aliphatic rings. The molecule has 1 aliphatic heterocycles. The molecule has 0 aliphatic carbocycles. The Balaban J connectivity index is 1.84. The van der Waals surface area contributed by atoms with Crippen LogP contribution in [0.15, 0.2) is 39.4 Å². The van der Waals surface area contributed by atoms with Crippen LogP contribution in [-0.2, 0) is 11.4 Å². The highest BCUT2D eigenvalue weighted by atomic mass is 79.9. The van der Waals surface area contributed by atoms with Gasteiger partial charge in [0.05, 0.1) is 10.7 Å². The van der Waals surface area contributed by atoms with Gasteiger partial charge in [0.1, 0.15) is 24.2 Å². The highest BCUT2D eigenvalue weighted by molar-refractivity contribution is 9.10. The second-order valence-corrected chi connectivity index (χ2v) is 5.30. The zero-order valence-corrected chi connectivity index (χ0v) is 12.4. The molecule has 104 valence electrons. The third-order valence-corrected chi connectivity index (χ3v) is 3.79. The minimum absolute atomic E-state index is 0.0578. The summed E-state index contributed by atoms with van der Waals surface area (Å²) in [6.45, 7) is 0.341. The van der Waals surface area contributed by atoms with E-state index in [1.807, 2.05) is 24.3 Å². The van der Waals surface area contributed by atoms with Crippen LogP contribution in [0.25, 0.3) is 0 Å². The van der Waals surface area contributed by atoms with Gasteiger partial charge in [0.15, 0.2) is 0 Å². The molecular weight excluding hydrogens is 324 g/mol. The Bertz CT molecular complexity index is 640. The number of hydrogen-bond donors (Lipinski definition) is 2. The van der Waals surface area contributed by atoms with Gasteiger partial charge in [-0.25, -0.2) is 0 Å². The highest BCUT2D eigenvalue weighted by Crippen LogP contribution is 2.38. The predicted molar refractivity (Wildman–Crippen MR) is 77.6 cm³/mol. The number of rotatable bonds is 4. The second-order valence-electron chi connectivity index (χ2n) is 4.45. The van der Waals surface area contributed by atoms with Crippen LogP contribution in [0.4, 0.5) is 5.69 Å². The van der Waals surface area contributed by atoms with E-state index in [2.05, 4.69) is 26.6 Å². The zero-order chi connectivity index (χ0) is 14.1. The van der Waals surface area contributed by atoms with Crippen LogP contribution in [0, 0.1) is 0 Å². The molecule has 6 heteroatoms. The van der Waals surface area contributed by atoms with Crippen molar-refractivity contribution in [3.63, 3.8) is 0 Å². The average molecular weight is 337 g/mol. The van der Waals surface area contributed by atoms with E-state index in [1.54, 1.807) is 13.3 Å². The Labute approximate surface area is 124 Å². The number of furan rings is 1. The van der Waals surface area contributed by atoms with Crippen LogP contribution < -0.4 is 15.4 Å². The first-order valence-corrected chi connectivity index (χ1v) is 6.95. The molecule has 0 bridgehead atoms. The van der Waals surface area contributed by atoms with Crippen molar-refractivity contribution in [3.8, 4) is 5.75 Å². The van der Waals surface area contributed by atoms with E-state index >= 15 is 0 Å². The third-order valence-electron chi connectivity index (χ3n) is 3.17. The molecule has 2 N–H and O–H groups in total. The Hall–Kier alpha value is -1.79. The van der Waals surface area contributed by atoms with Crippen molar-refractivity contribution >= 4 is 27.5 Å². The number of carbonyl (C=O) groups is 1. The van der Waals surface area contributed by atoms with Crippen molar-refractivity contribution in [2.24, 2.45) is 0 Å². The molecule has 1 unspecified atom stereocenters. The molecule has 0 radical (unpaired) electrons. The summed E-state index contributed by atoms with van der Waals surface area (Å²) < 4.78 is 11.7. The first-order valence-electron chi connectivity index (χ1n) is 6.16. The van der Waals surface area contributed by atoms with Gasteiger partial charge in [-0.3, -0.25) is 4.79 Å². The van der Waals surface area contributed by atoms with Crippen molar-refractivity contribution in [1.29, 1.82) is 0 Å². The number of ether oxygens (including phenoxy) is 1. The molecule has 2 aromatic rings. The van der Waals surface area contributed by atoms with Gasteiger partial charge in [0.2, 0.25) is 5.91 Å². The molecule has 1 aromatic heterocycles. The van der Waals surface area contributed by atoms with Crippen LogP contribution in [0.1, 0.15) is 17.4 Å². The van der Waals surface area contributed by atoms with Gasteiger partial charge < -0.3 is 19.8 Å². The zero-order valence-electron chi connectivity index (χ0n) is 10.8. The lowest BCUT2D eigenvalue weighted by atomic mass is 10.1. The molecular formula is C14H13BrN2O3. The van der Waals surface area contributed by atoms with Crippen LogP contribution in [0.3, 0.4) is 0 Å². The molecule has 20 heavy (non-hydrogen) atoms. The van der Waals surface area contributed by atoms with Crippen molar-refractivity contribution in [2.75, 3.05) is 12.4 Å². The lowest BCUT2D eigenvalue weighted by molar-refractivity contribution is -0.117. The molecule has 3 rings (SSSR count). The predicted octanol–water partition coefficient (Wildman–Crippen LogP) is 2.83. The topological polar surface area (TPSA) is 63.5 Å². The van der Waals surface area contributed by atoms with Gasteiger partial charge in [-0.2, -0.15) is 0 Å². The average Bonchev–Trinajstić information content (AvgIpc) is 3.03. The summed E-state index contributed by atoms with van der Waals surface area (Å²) in [4.78, 5) is 11.8. The normalized spacial score (nSPS) is 16.9. The summed E-state index contributed by atoms with van der Waals surface area (Å²) in [6, 6.07) is 7.05. The number of nitrogens with one attached hydrogen (secondary N) is 2. The lowest BCUT2D eigenvalue weighted by Crippen LogP contribution is -2.23. The number of halogens is 1. The van der Waals surface area contributed by atoms with Gasteiger partial charge in [0, 0.05) is 17.3 Å². The Morgan fingerprint density at radius 1 is 1.50 bits per heavy atom. The fourth-order valence-corrected chi connectivity index (χ4v) is 2.68. The second kappa shape index (κ2) is 5.30. The molecule has 0 fully saturated rings. The molecule has 0 saturated heterocycles. The smallest absolute Gasteiger partial charge is 0.246 e. The van der Waals surface area contributed by atoms with Crippen LogP contribution in [0.2, 0.25) is 0 Å². The van der Waals surface area contributed by atoms with E-state index in [1.165, 1.54) is 0 Å². The summed E-state index contributed by atoms with van der Waals surface area (Å²) in [5.74, 6) is 1.35. The molecule has 0 saturated carbocycles. The Morgan fingerprint density at radius 2 is 2.35 bits per heavy atom. The van der Waals surface area contributed by atoms with Crippen LogP contribution in [-0.4, -0.2) is 13.0 Å². The van der Waals surface area contributed by atoms with Crippen molar-refractivity contribution in [1.82, 2.24) is 5.32 Å². The molecule has 1 atom stereocenters. The fraction of sp³-hybridized carbons (Fsp3) is 0.214. The number of fused-ring (bicyclic) bond motifs is 1. The fourth-order valence-electron chi connectivity index (χ4n) is 2.20. The first-order chi connectivity index (χ1) is 9.69. The summed E-state index contributed by atoms with van der Waals surface area (Å²) in [5.41, 5.74) is 1.68. The van der Waals surface area contributed by atoms with Gasteiger partial charge in [-0.1, -0.05) is 0 Å². The van der Waals surface area contributed by atoms with Crippen molar-refractivity contribution in [2.45, 2.75) is 12.6 Å². The molecule has 1 aromatic carbocycles. The summed E-state index contributed by atoms with van der Waals surface area (Å²) in [5, 5.41) is 5.82. The number of anilines is 1. The van der Waals surface area contributed by atoms with Gasteiger partial charge in [-0.15, -0.1) is 0 Å². The molecule has 5 nitrogen and oxygen atoms in total. The largest absolute Gasteiger partial charge is 0.484 e. The SMILES string of the molecule is CNC1C(=O)Nc2cc(OCc3ccco3)c(Br)cc21. The first kappa shape index (κ1) is 13.2. The number of carbonyl (C=O) groups excluding carboxylic acids is 1. The number of hydrogen-bond acceptors (Lipinski definition) is 4. The van der Waals surface area contributed by atoms with Gasteiger partial charge >= 0.3 is 0 Å². The van der Waals surface area contributed by atoms with Gasteiger partial charge in [-0.05, 0) is 41.2 Å². The Morgan fingerprint density at radius 3 is 3.05 bits per heavy atom. The minimum Gasteiger partial charge on any atom is -0.484 e. The molecule has 1 amide bonds. The highest BCUT2D eigenvalue weighted by Gasteiger charge is 2.30. The van der Waals surface area contributed by atoms with Crippen molar-refractivity contribution in [3.05, 3.63) is 46.3 Å². The van der Waals surface area contributed by atoms with E-state index in [4.69, 9.17) is 9.15 Å². The number of amides is 1. The molecule has 2 heterocycles. The number of benzene rings is 1. The minimum atomic E-state index is -0.319. The maximum atomic E-state index is 11.8. The van der Waals surface area contributed by atoms with Crippen LogP contribution >= 0.6 is 15.9 Å². The van der Waals surface area contributed by atoms with E-state index in [0.717, 1.165) is 21.5 Å². The summed E-state index contributed by atoms with van der Waals surface area (Å²) >= 11 is 3.47. The lowest BCUT2D eigenvalue weighted by Gasteiger charge is -2.11. The monoisotopic (exact) mass is 336 g/mol. The number of likely N-dealkylation sites (N-methyl/N-ethyl adjacent to an activating group) is 1. The van der Waals surface area contributed by atoms with E-state index in [-0.39, 0.29) is 11.9 Å². The third kappa shape index (κ3) is 2.32. The summed E-state index contributed by atoms with van der Waals surface area (Å²) in [6.07, 6.45) is 1.61. The molecule has 0 spiro atoms. The Kier molecular flexibility index (Phi) is 3.50. The standard InChI is InChI=1S/C14H13BrN2O3/c1-16-13-9-5-10(15)12(6-11(9)17-14(13)18)20-7-8-3-2-4-19-8/h2-6,13,16H,7H2,1H3,(H,17,18). The quantitative estimate of drug-likeness (QED) is 0.901.